The summed E-state index contributed by atoms with van der Waals surface area (Å²) in [7, 11) is 0. The zero-order valence-corrected chi connectivity index (χ0v) is 10.8. The lowest BCUT2D eigenvalue weighted by atomic mass is 10.0. The molecule has 4 heteroatoms. The Morgan fingerprint density at radius 1 is 1.41 bits per heavy atom. The van der Waals surface area contributed by atoms with Crippen molar-refractivity contribution in [2.24, 2.45) is 5.73 Å². The Morgan fingerprint density at radius 3 is 2.76 bits per heavy atom. The van der Waals surface area contributed by atoms with E-state index in [4.69, 9.17) is 17.3 Å². The van der Waals surface area contributed by atoms with E-state index in [2.05, 4.69) is 18.2 Å². The zero-order valence-electron chi connectivity index (χ0n) is 10.1. The summed E-state index contributed by atoms with van der Waals surface area (Å²) in [6.07, 6.45) is 2.05. The molecule has 0 bridgehead atoms. The van der Waals surface area contributed by atoms with E-state index in [1.165, 1.54) is 0 Å². The molecule has 0 radical (unpaired) electrons. The van der Waals surface area contributed by atoms with Crippen molar-refractivity contribution in [2.75, 3.05) is 0 Å². The van der Waals surface area contributed by atoms with E-state index in [0.29, 0.717) is 6.54 Å². The van der Waals surface area contributed by atoms with Crippen LogP contribution in [-0.2, 0) is 13.1 Å². The molecule has 0 fully saturated rings. The molecule has 0 amide bonds. The Morgan fingerprint density at radius 2 is 2.18 bits per heavy atom. The van der Waals surface area contributed by atoms with E-state index in [0.717, 1.165) is 34.0 Å². The van der Waals surface area contributed by atoms with Crippen LogP contribution in [-0.4, -0.2) is 9.78 Å². The van der Waals surface area contributed by atoms with Crippen LogP contribution in [0.25, 0.3) is 11.1 Å². The molecule has 1 aromatic heterocycles. The van der Waals surface area contributed by atoms with Gasteiger partial charge in [-0.1, -0.05) is 17.7 Å². The Hall–Kier alpha value is -1.32. The third kappa shape index (κ3) is 2.35. The molecule has 0 unspecified atom stereocenters. The van der Waals surface area contributed by atoms with Crippen molar-refractivity contribution in [1.82, 2.24) is 9.78 Å². The Balaban J connectivity index is 2.48. The molecule has 2 rings (SSSR count). The molecule has 3 nitrogen and oxygen atoms in total. The maximum absolute atomic E-state index is 6.06. The Labute approximate surface area is 106 Å². The topological polar surface area (TPSA) is 43.8 Å². The molecule has 0 aliphatic rings. The van der Waals surface area contributed by atoms with Gasteiger partial charge in [0.05, 0.1) is 5.69 Å². The van der Waals surface area contributed by atoms with Gasteiger partial charge in [0.15, 0.2) is 0 Å². The van der Waals surface area contributed by atoms with Crippen LogP contribution < -0.4 is 5.73 Å². The zero-order chi connectivity index (χ0) is 12.4. The standard InChI is InChI=1S/C13H16ClN3/c1-3-17-8-12(9(2)16-17)10-4-5-13(14)11(6-10)7-15/h4-6,8H,3,7,15H2,1-2H3. The molecule has 90 valence electrons. The minimum absolute atomic E-state index is 0.452. The van der Waals surface area contributed by atoms with Crippen LogP contribution in [0.15, 0.2) is 24.4 Å². The van der Waals surface area contributed by atoms with Gasteiger partial charge < -0.3 is 5.73 Å². The first kappa shape index (κ1) is 12.1. The second-order valence-electron chi connectivity index (χ2n) is 3.99. The summed E-state index contributed by atoms with van der Waals surface area (Å²) >= 11 is 6.06. The van der Waals surface area contributed by atoms with Crippen LogP contribution in [0.3, 0.4) is 0 Å². The van der Waals surface area contributed by atoms with E-state index >= 15 is 0 Å². The van der Waals surface area contributed by atoms with Crippen molar-refractivity contribution in [1.29, 1.82) is 0 Å². The van der Waals surface area contributed by atoms with E-state index in [-0.39, 0.29) is 0 Å². The van der Waals surface area contributed by atoms with E-state index < -0.39 is 0 Å². The predicted molar refractivity (Wildman–Crippen MR) is 71.0 cm³/mol. The van der Waals surface area contributed by atoms with Crippen molar-refractivity contribution < 1.29 is 0 Å². The van der Waals surface area contributed by atoms with Crippen molar-refractivity contribution in [2.45, 2.75) is 26.9 Å². The fourth-order valence-electron chi connectivity index (χ4n) is 1.86. The first-order valence-corrected chi connectivity index (χ1v) is 6.06. The molecule has 1 heterocycles. The molecule has 2 N–H and O–H groups in total. The van der Waals surface area contributed by atoms with Crippen LogP contribution >= 0.6 is 11.6 Å². The van der Waals surface area contributed by atoms with Crippen molar-refractivity contribution >= 4 is 11.6 Å². The van der Waals surface area contributed by atoms with Gasteiger partial charge in [-0.25, -0.2) is 0 Å². The van der Waals surface area contributed by atoms with Gasteiger partial charge in [0, 0.05) is 29.9 Å². The highest BCUT2D eigenvalue weighted by molar-refractivity contribution is 6.31. The van der Waals surface area contributed by atoms with Crippen LogP contribution in [0.4, 0.5) is 0 Å². The van der Waals surface area contributed by atoms with Gasteiger partial charge in [-0.15, -0.1) is 0 Å². The van der Waals surface area contributed by atoms with Crippen molar-refractivity contribution in [3.05, 3.63) is 40.7 Å². The lowest BCUT2D eigenvalue weighted by Gasteiger charge is -2.04. The van der Waals surface area contributed by atoms with E-state index in [1.54, 1.807) is 0 Å². The summed E-state index contributed by atoms with van der Waals surface area (Å²) in [6, 6.07) is 5.93. The molecule has 0 saturated carbocycles. The van der Waals surface area contributed by atoms with Gasteiger partial charge in [0.25, 0.3) is 0 Å². The van der Waals surface area contributed by atoms with Crippen LogP contribution in [0, 0.1) is 6.92 Å². The minimum Gasteiger partial charge on any atom is -0.326 e. The van der Waals surface area contributed by atoms with Gasteiger partial charge in [-0.2, -0.15) is 5.10 Å². The number of rotatable bonds is 3. The largest absolute Gasteiger partial charge is 0.326 e. The number of nitrogens with zero attached hydrogens (tertiary/aromatic N) is 2. The maximum Gasteiger partial charge on any atom is 0.0672 e. The average Bonchev–Trinajstić information content (AvgIpc) is 2.71. The normalized spacial score (nSPS) is 10.8. The summed E-state index contributed by atoms with van der Waals surface area (Å²) in [4.78, 5) is 0. The molecule has 2 aromatic rings. The molecule has 17 heavy (non-hydrogen) atoms. The number of hydrogen-bond donors (Lipinski definition) is 1. The van der Waals surface area contributed by atoms with E-state index in [1.807, 2.05) is 29.8 Å². The molecule has 0 aliphatic heterocycles. The van der Waals surface area contributed by atoms with Crippen LogP contribution in [0.2, 0.25) is 5.02 Å². The number of aromatic nitrogens is 2. The lowest BCUT2D eigenvalue weighted by Crippen LogP contribution is -1.97. The first-order valence-electron chi connectivity index (χ1n) is 5.68. The highest BCUT2D eigenvalue weighted by atomic mass is 35.5. The highest BCUT2D eigenvalue weighted by Crippen LogP contribution is 2.26. The average molecular weight is 250 g/mol. The molecule has 0 spiro atoms. The van der Waals surface area contributed by atoms with Gasteiger partial charge in [0.2, 0.25) is 0 Å². The van der Waals surface area contributed by atoms with Gasteiger partial charge in [-0.3, -0.25) is 4.68 Å². The number of nitrogens with two attached hydrogens (primary N) is 1. The number of hydrogen-bond acceptors (Lipinski definition) is 2. The summed E-state index contributed by atoms with van der Waals surface area (Å²) < 4.78 is 1.93. The fourth-order valence-corrected chi connectivity index (χ4v) is 2.06. The maximum atomic E-state index is 6.06. The Kier molecular flexibility index (Phi) is 3.50. The van der Waals surface area contributed by atoms with Crippen molar-refractivity contribution in [3.63, 3.8) is 0 Å². The molecule has 0 saturated heterocycles. The lowest BCUT2D eigenvalue weighted by molar-refractivity contribution is 0.653. The summed E-state index contributed by atoms with van der Waals surface area (Å²) in [5.41, 5.74) is 9.91. The summed E-state index contributed by atoms with van der Waals surface area (Å²) in [6.45, 7) is 5.41. The summed E-state index contributed by atoms with van der Waals surface area (Å²) in [5, 5.41) is 5.16. The second kappa shape index (κ2) is 4.90. The molecule has 0 atom stereocenters. The van der Waals surface area contributed by atoms with Gasteiger partial charge in [-0.05, 0) is 37.1 Å². The minimum atomic E-state index is 0.452. The second-order valence-corrected chi connectivity index (χ2v) is 4.40. The third-order valence-electron chi connectivity index (χ3n) is 2.85. The number of halogens is 1. The van der Waals surface area contributed by atoms with Gasteiger partial charge >= 0.3 is 0 Å². The molecular formula is C13H16ClN3. The predicted octanol–water partition coefficient (Wildman–Crippen LogP) is 2.99. The molecule has 1 aromatic carbocycles. The highest BCUT2D eigenvalue weighted by Gasteiger charge is 2.08. The third-order valence-corrected chi connectivity index (χ3v) is 3.22. The monoisotopic (exact) mass is 249 g/mol. The van der Waals surface area contributed by atoms with E-state index in [9.17, 15) is 0 Å². The molecule has 0 aliphatic carbocycles. The van der Waals surface area contributed by atoms with Crippen LogP contribution in [0.1, 0.15) is 18.2 Å². The summed E-state index contributed by atoms with van der Waals surface area (Å²) in [5.74, 6) is 0. The van der Waals surface area contributed by atoms with Crippen LogP contribution in [0.5, 0.6) is 0 Å². The van der Waals surface area contributed by atoms with Gasteiger partial charge in [0.1, 0.15) is 0 Å². The SMILES string of the molecule is CCn1cc(-c2ccc(Cl)c(CN)c2)c(C)n1. The number of aryl methyl sites for hydroxylation is 2. The first-order chi connectivity index (χ1) is 8.15. The Bertz CT molecular complexity index is 531. The fraction of sp³-hybridized carbons (Fsp3) is 0.308. The quantitative estimate of drug-likeness (QED) is 0.909. The smallest absolute Gasteiger partial charge is 0.0672 e. The van der Waals surface area contributed by atoms with Crippen molar-refractivity contribution in [3.8, 4) is 11.1 Å². The number of benzene rings is 1. The molecular weight excluding hydrogens is 234 g/mol.